The SMILES string of the molecule is NCC(SCC1CCCO1)c1cccs1. The molecule has 2 rings (SSSR count). The van der Waals surface area contributed by atoms with Gasteiger partial charge in [-0.25, -0.2) is 0 Å². The van der Waals surface area contributed by atoms with E-state index in [9.17, 15) is 0 Å². The molecule has 1 aliphatic heterocycles. The predicted molar refractivity (Wildman–Crippen MR) is 67.5 cm³/mol. The molecular weight excluding hydrogens is 226 g/mol. The predicted octanol–water partition coefficient (Wildman–Crippen LogP) is 2.66. The van der Waals surface area contributed by atoms with E-state index in [4.69, 9.17) is 10.5 Å². The molecule has 2 heterocycles. The molecule has 2 unspecified atom stereocenters. The van der Waals surface area contributed by atoms with Gasteiger partial charge in [0.05, 0.1) is 11.4 Å². The van der Waals surface area contributed by atoms with Gasteiger partial charge in [0.15, 0.2) is 0 Å². The Balaban J connectivity index is 1.80. The quantitative estimate of drug-likeness (QED) is 0.863. The Labute approximate surface area is 99.2 Å². The lowest BCUT2D eigenvalue weighted by atomic mass is 10.3. The number of thioether (sulfide) groups is 1. The van der Waals surface area contributed by atoms with Gasteiger partial charge >= 0.3 is 0 Å². The molecule has 0 saturated carbocycles. The van der Waals surface area contributed by atoms with Crippen molar-refractivity contribution >= 4 is 23.1 Å². The van der Waals surface area contributed by atoms with E-state index in [0.29, 0.717) is 11.4 Å². The zero-order valence-electron chi connectivity index (χ0n) is 8.72. The second-order valence-corrected chi connectivity index (χ2v) is 5.92. The third-order valence-electron chi connectivity index (χ3n) is 2.58. The molecule has 0 spiro atoms. The van der Waals surface area contributed by atoms with Gasteiger partial charge in [-0.05, 0) is 24.3 Å². The van der Waals surface area contributed by atoms with Crippen LogP contribution in [0.2, 0.25) is 0 Å². The first-order valence-electron chi connectivity index (χ1n) is 5.37. The van der Waals surface area contributed by atoms with Crippen LogP contribution in [0.3, 0.4) is 0 Å². The second-order valence-electron chi connectivity index (χ2n) is 3.71. The topological polar surface area (TPSA) is 35.2 Å². The molecule has 4 heteroatoms. The van der Waals surface area contributed by atoms with Crippen molar-refractivity contribution in [1.82, 2.24) is 0 Å². The number of rotatable bonds is 5. The van der Waals surface area contributed by atoms with Crippen LogP contribution in [0.4, 0.5) is 0 Å². The van der Waals surface area contributed by atoms with Crippen molar-refractivity contribution in [3.05, 3.63) is 22.4 Å². The van der Waals surface area contributed by atoms with E-state index in [1.165, 1.54) is 17.7 Å². The molecule has 1 aromatic rings. The molecule has 2 N–H and O–H groups in total. The fourth-order valence-electron chi connectivity index (χ4n) is 1.74. The molecule has 0 amide bonds. The van der Waals surface area contributed by atoms with Crippen LogP contribution in [0.15, 0.2) is 17.5 Å². The van der Waals surface area contributed by atoms with E-state index in [2.05, 4.69) is 17.5 Å². The van der Waals surface area contributed by atoms with Crippen LogP contribution in [-0.2, 0) is 4.74 Å². The van der Waals surface area contributed by atoms with Gasteiger partial charge < -0.3 is 10.5 Å². The van der Waals surface area contributed by atoms with E-state index >= 15 is 0 Å². The molecule has 0 aliphatic carbocycles. The van der Waals surface area contributed by atoms with E-state index in [1.54, 1.807) is 11.3 Å². The van der Waals surface area contributed by atoms with E-state index in [-0.39, 0.29) is 0 Å². The smallest absolute Gasteiger partial charge is 0.0666 e. The molecule has 2 nitrogen and oxygen atoms in total. The summed E-state index contributed by atoms with van der Waals surface area (Å²) in [5.41, 5.74) is 5.79. The zero-order chi connectivity index (χ0) is 10.5. The van der Waals surface area contributed by atoms with Crippen LogP contribution >= 0.6 is 23.1 Å². The summed E-state index contributed by atoms with van der Waals surface area (Å²) in [6, 6.07) is 4.26. The minimum atomic E-state index is 0.453. The van der Waals surface area contributed by atoms with Crippen LogP contribution in [0.25, 0.3) is 0 Å². The third kappa shape index (κ3) is 3.21. The van der Waals surface area contributed by atoms with E-state index < -0.39 is 0 Å². The molecule has 1 fully saturated rings. The first kappa shape index (κ1) is 11.5. The summed E-state index contributed by atoms with van der Waals surface area (Å²) < 4.78 is 5.61. The van der Waals surface area contributed by atoms with Crippen molar-refractivity contribution < 1.29 is 4.74 Å². The minimum Gasteiger partial charge on any atom is -0.377 e. The second kappa shape index (κ2) is 5.89. The summed E-state index contributed by atoms with van der Waals surface area (Å²) in [4.78, 5) is 1.39. The Hall–Kier alpha value is -0.0300. The maximum absolute atomic E-state index is 5.79. The molecule has 0 aromatic carbocycles. The molecule has 84 valence electrons. The van der Waals surface area contributed by atoms with Gasteiger partial charge in [0.2, 0.25) is 0 Å². The normalized spacial score (nSPS) is 23.1. The van der Waals surface area contributed by atoms with Gasteiger partial charge in [-0.3, -0.25) is 0 Å². The third-order valence-corrected chi connectivity index (χ3v) is 5.13. The highest BCUT2D eigenvalue weighted by molar-refractivity contribution is 7.99. The summed E-state index contributed by atoms with van der Waals surface area (Å²) in [5, 5.41) is 2.57. The lowest BCUT2D eigenvalue weighted by Gasteiger charge is -2.15. The summed E-state index contributed by atoms with van der Waals surface area (Å²) >= 11 is 3.73. The highest BCUT2D eigenvalue weighted by Crippen LogP contribution is 2.32. The number of ether oxygens (including phenoxy) is 1. The summed E-state index contributed by atoms with van der Waals surface area (Å²) in [6.45, 7) is 1.66. The highest BCUT2D eigenvalue weighted by Gasteiger charge is 2.18. The summed E-state index contributed by atoms with van der Waals surface area (Å²) in [5.74, 6) is 1.08. The van der Waals surface area contributed by atoms with Crippen molar-refractivity contribution in [3.8, 4) is 0 Å². The fourth-order valence-corrected chi connectivity index (χ4v) is 3.92. The van der Waals surface area contributed by atoms with Gasteiger partial charge in [0.25, 0.3) is 0 Å². The Kier molecular flexibility index (Phi) is 4.50. The van der Waals surface area contributed by atoms with E-state index in [1.807, 2.05) is 11.8 Å². The van der Waals surface area contributed by atoms with Crippen LogP contribution in [0, 0.1) is 0 Å². The number of thiophene rings is 1. The standard InChI is InChI=1S/C11H17NOS2/c12-7-11(10-4-2-6-14-10)15-8-9-3-1-5-13-9/h2,4,6,9,11H,1,3,5,7-8,12H2. The average molecular weight is 243 g/mol. The summed E-state index contributed by atoms with van der Waals surface area (Å²) in [6.07, 6.45) is 2.90. The van der Waals surface area contributed by atoms with Crippen LogP contribution in [-0.4, -0.2) is 25.0 Å². The Morgan fingerprint density at radius 2 is 2.60 bits per heavy atom. The van der Waals surface area contributed by atoms with Crippen molar-refractivity contribution in [1.29, 1.82) is 0 Å². The van der Waals surface area contributed by atoms with Crippen LogP contribution in [0.1, 0.15) is 23.0 Å². The summed E-state index contributed by atoms with van der Waals surface area (Å²) in [7, 11) is 0. The Morgan fingerprint density at radius 1 is 1.67 bits per heavy atom. The number of hydrogen-bond acceptors (Lipinski definition) is 4. The minimum absolute atomic E-state index is 0.453. The molecule has 0 bridgehead atoms. The lowest BCUT2D eigenvalue weighted by Crippen LogP contribution is -2.13. The lowest BCUT2D eigenvalue weighted by molar-refractivity contribution is 0.129. The fraction of sp³-hybridized carbons (Fsp3) is 0.636. The van der Waals surface area contributed by atoms with E-state index in [0.717, 1.165) is 18.9 Å². The first-order valence-corrected chi connectivity index (χ1v) is 7.29. The Bertz CT molecular complexity index is 270. The average Bonchev–Trinajstić information content (AvgIpc) is 2.90. The molecule has 1 saturated heterocycles. The molecule has 1 aliphatic rings. The van der Waals surface area contributed by atoms with Gasteiger partial charge in [-0.1, -0.05) is 6.07 Å². The van der Waals surface area contributed by atoms with Crippen LogP contribution in [0.5, 0.6) is 0 Å². The number of hydrogen-bond donors (Lipinski definition) is 1. The van der Waals surface area contributed by atoms with Gasteiger partial charge in [-0.15, -0.1) is 23.1 Å². The largest absolute Gasteiger partial charge is 0.377 e. The van der Waals surface area contributed by atoms with Crippen molar-refractivity contribution in [3.63, 3.8) is 0 Å². The number of nitrogens with two attached hydrogens (primary N) is 1. The van der Waals surface area contributed by atoms with Gasteiger partial charge in [-0.2, -0.15) is 0 Å². The maximum atomic E-state index is 5.79. The monoisotopic (exact) mass is 243 g/mol. The van der Waals surface area contributed by atoms with Gasteiger partial charge in [0.1, 0.15) is 0 Å². The zero-order valence-corrected chi connectivity index (χ0v) is 10.4. The molecular formula is C11H17NOS2. The maximum Gasteiger partial charge on any atom is 0.0666 e. The van der Waals surface area contributed by atoms with Crippen molar-refractivity contribution in [2.45, 2.75) is 24.2 Å². The van der Waals surface area contributed by atoms with Crippen molar-refractivity contribution in [2.75, 3.05) is 18.9 Å². The Morgan fingerprint density at radius 3 is 3.20 bits per heavy atom. The molecule has 2 atom stereocenters. The van der Waals surface area contributed by atoms with Crippen LogP contribution < -0.4 is 5.73 Å². The van der Waals surface area contributed by atoms with Crippen molar-refractivity contribution in [2.24, 2.45) is 5.73 Å². The van der Waals surface area contributed by atoms with Gasteiger partial charge in [0, 0.05) is 23.8 Å². The highest BCUT2D eigenvalue weighted by atomic mass is 32.2. The first-order chi connectivity index (χ1) is 7.40. The molecule has 0 radical (unpaired) electrons. The molecule has 1 aromatic heterocycles. The molecule has 15 heavy (non-hydrogen) atoms.